The fourth-order valence-electron chi connectivity index (χ4n) is 4.59. The average Bonchev–Trinajstić information content (AvgIpc) is 2.97. The van der Waals surface area contributed by atoms with Gasteiger partial charge in [0.1, 0.15) is 0 Å². The van der Waals surface area contributed by atoms with Gasteiger partial charge in [-0.2, -0.15) is 17.9 Å². The largest absolute Gasteiger partial charge is 0.421 e. The number of nitrogens with zero attached hydrogens (tertiary/aromatic N) is 1. The van der Waals surface area contributed by atoms with Gasteiger partial charge in [-0.25, -0.2) is 8.42 Å². The first-order valence-corrected chi connectivity index (χ1v) is 13.0. The van der Waals surface area contributed by atoms with Crippen LogP contribution in [-0.2, 0) is 19.6 Å². The Morgan fingerprint density at radius 2 is 1.58 bits per heavy atom. The number of ketones is 1. The number of halogens is 5. The van der Waals surface area contributed by atoms with Crippen LogP contribution in [0.3, 0.4) is 0 Å². The number of amides is 1. The molecule has 12 heteroatoms. The van der Waals surface area contributed by atoms with Crippen LogP contribution in [0.15, 0.2) is 58.6 Å². The molecule has 0 aromatic heterocycles. The SMILES string of the molecule is Cc1ccc(S(=O)(=O)N[C@]2(C(F)(F)F)C(=O)N(c3ccc(Cl)c(Cl)c3)C3=C2C(=O)CC(C)(C)C3)cc1. The van der Waals surface area contributed by atoms with E-state index in [1.54, 1.807) is 25.5 Å². The summed E-state index contributed by atoms with van der Waals surface area (Å²) in [5.41, 5.74) is -5.18. The molecule has 0 radical (unpaired) electrons. The maximum atomic E-state index is 14.9. The topological polar surface area (TPSA) is 83.6 Å². The van der Waals surface area contributed by atoms with Gasteiger partial charge in [0.15, 0.2) is 5.78 Å². The molecule has 1 heterocycles. The lowest BCUT2D eigenvalue weighted by molar-refractivity contribution is -0.184. The molecule has 1 N–H and O–H groups in total. The highest BCUT2D eigenvalue weighted by Crippen LogP contribution is 2.53. The van der Waals surface area contributed by atoms with Crippen LogP contribution in [0.1, 0.15) is 32.3 Å². The molecule has 192 valence electrons. The number of nitrogens with one attached hydrogen (secondary N) is 1. The number of carbonyl (C=O) groups is 2. The number of carbonyl (C=O) groups excluding carboxylic acids is 2. The van der Waals surface area contributed by atoms with Gasteiger partial charge in [-0.3, -0.25) is 14.5 Å². The van der Waals surface area contributed by atoms with Crippen molar-refractivity contribution < 1.29 is 31.2 Å². The van der Waals surface area contributed by atoms with Crippen molar-refractivity contribution >= 4 is 50.6 Å². The summed E-state index contributed by atoms with van der Waals surface area (Å²) in [4.78, 5) is 27.3. The van der Waals surface area contributed by atoms with Crippen LogP contribution in [0.4, 0.5) is 18.9 Å². The number of aryl methyl sites for hydroxylation is 1. The lowest BCUT2D eigenvalue weighted by Crippen LogP contribution is -2.66. The summed E-state index contributed by atoms with van der Waals surface area (Å²) < 4.78 is 72.8. The number of anilines is 1. The molecule has 2 aromatic carbocycles. The van der Waals surface area contributed by atoms with Crippen LogP contribution in [-0.4, -0.2) is 31.8 Å². The maximum Gasteiger partial charge on any atom is 0.421 e. The molecule has 1 atom stereocenters. The van der Waals surface area contributed by atoms with E-state index in [1.807, 2.05) is 0 Å². The van der Waals surface area contributed by atoms with E-state index in [9.17, 15) is 31.2 Å². The number of hydrogen-bond donors (Lipinski definition) is 1. The molecular weight excluding hydrogens is 540 g/mol. The molecule has 2 aliphatic rings. The lowest BCUT2D eigenvalue weighted by atomic mass is 9.72. The number of sulfonamides is 1. The Hall–Kier alpha value is -2.40. The van der Waals surface area contributed by atoms with Crippen molar-refractivity contribution in [3.63, 3.8) is 0 Å². The molecule has 0 spiro atoms. The van der Waals surface area contributed by atoms with Crippen LogP contribution in [0, 0.1) is 12.3 Å². The molecular formula is C24H21Cl2F3N2O4S. The highest BCUT2D eigenvalue weighted by molar-refractivity contribution is 7.89. The number of Topliss-reactive ketones (excluding diaryl/α,β-unsaturated/α-hetero) is 1. The van der Waals surface area contributed by atoms with Crippen molar-refractivity contribution in [1.82, 2.24) is 4.72 Å². The Morgan fingerprint density at radius 1 is 0.972 bits per heavy atom. The van der Waals surface area contributed by atoms with Gasteiger partial charge >= 0.3 is 6.18 Å². The predicted molar refractivity (Wildman–Crippen MR) is 129 cm³/mol. The summed E-state index contributed by atoms with van der Waals surface area (Å²) in [5, 5.41) is 0.0683. The number of benzene rings is 2. The number of hydrogen-bond acceptors (Lipinski definition) is 4. The van der Waals surface area contributed by atoms with Crippen molar-refractivity contribution in [3.8, 4) is 0 Å². The smallest absolute Gasteiger partial charge is 0.294 e. The first kappa shape index (κ1) is 26.7. The van der Waals surface area contributed by atoms with E-state index in [1.165, 1.54) is 30.3 Å². The van der Waals surface area contributed by atoms with Crippen molar-refractivity contribution in [2.75, 3.05) is 4.90 Å². The molecule has 0 fully saturated rings. The highest BCUT2D eigenvalue weighted by Gasteiger charge is 2.72. The van der Waals surface area contributed by atoms with E-state index in [4.69, 9.17) is 23.2 Å². The molecule has 4 rings (SSSR count). The van der Waals surface area contributed by atoms with E-state index < -0.39 is 49.3 Å². The van der Waals surface area contributed by atoms with Gasteiger partial charge in [0.2, 0.25) is 15.6 Å². The van der Waals surface area contributed by atoms with Crippen molar-refractivity contribution in [2.24, 2.45) is 5.41 Å². The third-order valence-corrected chi connectivity index (χ3v) is 8.43. The summed E-state index contributed by atoms with van der Waals surface area (Å²) in [6.07, 6.45) is -5.90. The molecule has 1 aliphatic carbocycles. The summed E-state index contributed by atoms with van der Waals surface area (Å²) in [6.45, 7) is 5.03. The maximum absolute atomic E-state index is 14.9. The van der Waals surface area contributed by atoms with E-state index in [0.717, 1.165) is 17.0 Å². The van der Waals surface area contributed by atoms with Crippen LogP contribution in [0.5, 0.6) is 0 Å². The highest BCUT2D eigenvalue weighted by atomic mass is 35.5. The zero-order valence-corrected chi connectivity index (χ0v) is 21.7. The third kappa shape index (κ3) is 4.23. The second-order valence-corrected chi connectivity index (χ2v) is 12.2. The fraction of sp³-hybridized carbons (Fsp3) is 0.333. The van der Waals surface area contributed by atoms with E-state index in [2.05, 4.69) is 0 Å². The van der Waals surface area contributed by atoms with E-state index in [0.29, 0.717) is 5.56 Å². The standard InChI is InChI=1S/C24H21Cl2F3N2O4S/c1-13-4-7-15(8-5-13)36(34,35)30-23(24(27,28)29)20-18(11-22(2,3)12-19(20)32)31(21(23)33)14-6-9-16(25)17(26)10-14/h4-10,30H,11-12H2,1-3H3/t23-/m0/s1. The zero-order chi connectivity index (χ0) is 26.8. The van der Waals surface area contributed by atoms with E-state index in [-0.39, 0.29) is 34.3 Å². The van der Waals surface area contributed by atoms with Crippen LogP contribution >= 0.6 is 23.2 Å². The minimum Gasteiger partial charge on any atom is -0.294 e. The van der Waals surface area contributed by atoms with Crippen LogP contribution < -0.4 is 9.62 Å². The van der Waals surface area contributed by atoms with Crippen molar-refractivity contribution in [2.45, 2.75) is 50.2 Å². The lowest BCUT2D eigenvalue weighted by Gasteiger charge is -2.35. The predicted octanol–water partition coefficient (Wildman–Crippen LogP) is 5.57. The van der Waals surface area contributed by atoms with Gasteiger partial charge in [0.05, 0.1) is 26.2 Å². The molecule has 1 amide bonds. The Bertz CT molecular complexity index is 1420. The normalized spacial score (nSPS) is 22.3. The first-order valence-electron chi connectivity index (χ1n) is 10.7. The molecule has 0 saturated heterocycles. The summed E-state index contributed by atoms with van der Waals surface area (Å²) in [6, 6.07) is 8.84. The zero-order valence-electron chi connectivity index (χ0n) is 19.3. The number of rotatable bonds is 4. The van der Waals surface area contributed by atoms with Gasteiger partial charge < -0.3 is 0 Å². The summed E-state index contributed by atoms with van der Waals surface area (Å²) in [5.74, 6) is -2.64. The molecule has 0 bridgehead atoms. The van der Waals surface area contributed by atoms with Gasteiger partial charge in [-0.1, -0.05) is 54.7 Å². The monoisotopic (exact) mass is 560 g/mol. The summed E-state index contributed by atoms with van der Waals surface area (Å²) >= 11 is 12.0. The quantitative estimate of drug-likeness (QED) is 0.529. The van der Waals surface area contributed by atoms with Gasteiger partial charge in [0, 0.05) is 12.1 Å². The Labute approximate surface area is 216 Å². The molecule has 6 nitrogen and oxygen atoms in total. The second kappa shape index (κ2) is 8.58. The van der Waals surface area contributed by atoms with Crippen molar-refractivity contribution in [1.29, 1.82) is 0 Å². The first-order chi connectivity index (χ1) is 16.5. The second-order valence-electron chi connectivity index (χ2n) is 9.67. The third-order valence-electron chi connectivity index (χ3n) is 6.23. The Kier molecular flexibility index (Phi) is 6.35. The number of allylic oxidation sites excluding steroid dienone is 1. The molecule has 36 heavy (non-hydrogen) atoms. The van der Waals surface area contributed by atoms with Gasteiger partial charge in [0.25, 0.3) is 5.91 Å². The Balaban J connectivity index is 1.99. The molecule has 2 aromatic rings. The molecule has 1 aliphatic heterocycles. The summed E-state index contributed by atoms with van der Waals surface area (Å²) in [7, 11) is -4.91. The number of alkyl halides is 3. The molecule has 0 unspecified atom stereocenters. The minimum absolute atomic E-state index is 0.0322. The molecule has 0 saturated carbocycles. The Morgan fingerprint density at radius 3 is 2.14 bits per heavy atom. The van der Waals surface area contributed by atoms with Crippen LogP contribution in [0.25, 0.3) is 0 Å². The fourth-order valence-corrected chi connectivity index (χ4v) is 6.21. The van der Waals surface area contributed by atoms with E-state index >= 15 is 0 Å². The van der Waals surface area contributed by atoms with Gasteiger partial charge in [-0.05, 0) is 49.1 Å². The van der Waals surface area contributed by atoms with Crippen LogP contribution in [0.2, 0.25) is 10.0 Å². The average molecular weight is 561 g/mol. The van der Waals surface area contributed by atoms with Gasteiger partial charge in [-0.15, -0.1) is 0 Å². The van der Waals surface area contributed by atoms with Crippen molar-refractivity contribution in [3.05, 3.63) is 69.3 Å². The minimum atomic E-state index is -5.50.